The van der Waals surface area contributed by atoms with E-state index >= 15 is 0 Å². The molecule has 0 spiro atoms. The molecule has 0 unspecified atom stereocenters. The Balaban J connectivity index is 3.09. The molecule has 0 heterocycles. The number of primary amides is 1. The van der Waals surface area contributed by atoms with Crippen molar-refractivity contribution in [1.82, 2.24) is 5.32 Å². The molecule has 0 aliphatic rings. The van der Waals surface area contributed by atoms with Crippen LogP contribution >= 0.6 is 0 Å². The molecule has 1 aromatic rings. The summed E-state index contributed by atoms with van der Waals surface area (Å²) in [4.78, 5) is 33.0. The van der Waals surface area contributed by atoms with Crippen LogP contribution in [0.4, 0.5) is 13.2 Å². The topological polar surface area (TPSA) is 130 Å². The summed E-state index contributed by atoms with van der Waals surface area (Å²) in [5, 5.41) is 19.4. The number of amides is 2. The number of carboxylic acid groups (broad SMARTS) is 1. The van der Waals surface area contributed by atoms with Crippen LogP contribution in [0.3, 0.4) is 0 Å². The van der Waals surface area contributed by atoms with Crippen molar-refractivity contribution in [2.45, 2.75) is 12.5 Å². The number of phenols is 1. The number of rotatable bonds is 5. The number of phenolic OH excluding ortho intramolecular Hbond substituents is 1. The fraction of sp³-hybridized carbons (Fsp3) is 0.182. The molecular weight excluding hydrogens is 297 g/mol. The third kappa shape index (κ3) is 3.61. The van der Waals surface area contributed by atoms with Crippen LogP contribution < -0.4 is 11.1 Å². The number of carboxylic acids is 1. The molecule has 0 fully saturated rings. The third-order valence-corrected chi connectivity index (χ3v) is 2.39. The number of halogens is 3. The molecule has 0 saturated heterocycles. The van der Waals surface area contributed by atoms with E-state index in [1.807, 2.05) is 0 Å². The zero-order valence-corrected chi connectivity index (χ0v) is 10.2. The number of hydrogen-bond donors (Lipinski definition) is 4. The van der Waals surface area contributed by atoms with Gasteiger partial charge < -0.3 is 21.3 Å². The van der Waals surface area contributed by atoms with E-state index in [0.29, 0.717) is 0 Å². The van der Waals surface area contributed by atoms with Gasteiger partial charge in [-0.3, -0.25) is 9.59 Å². The van der Waals surface area contributed by atoms with Gasteiger partial charge in [-0.05, 0) is 6.07 Å². The number of aliphatic carboxylic acids is 1. The molecule has 0 saturated carbocycles. The van der Waals surface area contributed by atoms with Gasteiger partial charge in [0.05, 0.1) is 12.0 Å². The quantitative estimate of drug-likeness (QED) is 0.563. The molecule has 10 heteroatoms. The fourth-order valence-corrected chi connectivity index (χ4v) is 1.39. The lowest BCUT2D eigenvalue weighted by Gasteiger charge is -2.13. The van der Waals surface area contributed by atoms with Crippen molar-refractivity contribution < 1.29 is 37.8 Å². The molecule has 0 radical (unpaired) electrons. The maximum atomic E-state index is 13.5. The fourth-order valence-electron chi connectivity index (χ4n) is 1.39. The number of nitrogens with two attached hydrogens (primary N) is 1. The molecule has 0 bridgehead atoms. The van der Waals surface area contributed by atoms with Crippen LogP contribution in [0.2, 0.25) is 0 Å². The summed E-state index contributed by atoms with van der Waals surface area (Å²) in [6.07, 6.45) is -0.793. The van der Waals surface area contributed by atoms with Crippen molar-refractivity contribution in [3.8, 4) is 5.75 Å². The monoisotopic (exact) mass is 306 g/mol. The Kier molecular flexibility index (Phi) is 4.74. The minimum absolute atomic E-state index is 0.142. The highest BCUT2D eigenvalue weighted by molar-refractivity contribution is 5.98. The van der Waals surface area contributed by atoms with Gasteiger partial charge in [-0.1, -0.05) is 0 Å². The molecule has 2 amide bonds. The molecular formula is C11H9F3N2O5. The van der Waals surface area contributed by atoms with E-state index in [1.165, 1.54) is 0 Å². The number of carbonyl (C=O) groups excluding carboxylic acids is 2. The van der Waals surface area contributed by atoms with E-state index in [1.54, 1.807) is 5.32 Å². The Morgan fingerprint density at radius 3 is 2.29 bits per heavy atom. The van der Waals surface area contributed by atoms with Gasteiger partial charge in [0.15, 0.2) is 17.4 Å². The van der Waals surface area contributed by atoms with E-state index in [9.17, 15) is 27.6 Å². The molecule has 0 aliphatic heterocycles. The Morgan fingerprint density at radius 2 is 1.81 bits per heavy atom. The van der Waals surface area contributed by atoms with Gasteiger partial charge in [-0.25, -0.2) is 13.6 Å². The lowest BCUT2D eigenvalue weighted by atomic mass is 10.1. The standard InChI is InChI=1S/C11H9F3N2O5/c12-4-1-3(7(13)9(18)8(4)14)10(19)16-5(11(20)21)2-6(15)17/h1,5,18H,2H2,(H2,15,17)(H,16,19)(H,20,21)/t5-/m1/s1. The SMILES string of the molecule is NC(=O)C[C@@H](NC(=O)c1cc(F)c(F)c(O)c1F)C(=O)O. The van der Waals surface area contributed by atoms with E-state index in [-0.39, 0.29) is 6.07 Å². The highest BCUT2D eigenvalue weighted by Gasteiger charge is 2.27. The molecule has 7 nitrogen and oxygen atoms in total. The predicted molar refractivity (Wildman–Crippen MR) is 60.7 cm³/mol. The van der Waals surface area contributed by atoms with Gasteiger partial charge >= 0.3 is 5.97 Å². The second-order valence-corrected chi connectivity index (χ2v) is 3.92. The smallest absolute Gasteiger partial charge is 0.326 e. The van der Waals surface area contributed by atoms with Crippen molar-refractivity contribution in [3.05, 3.63) is 29.1 Å². The average Bonchev–Trinajstić information content (AvgIpc) is 2.38. The molecule has 0 aliphatic carbocycles. The van der Waals surface area contributed by atoms with E-state index in [2.05, 4.69) is 0 Å². The summed E-state index contributed by atoms with van der Waals surface area (Å²) in [5.41, 5.74) is 3.64. The average molecular weight is 306 g/mol. The van der Waals surface area contributed by atoms with Gasteiger partial charge in [0.25, 0.3) is 5.91 Å². The molecule has 114 valence electrons. The second-order valence-electron chi connectivity index (χ2n) is 3.92. The highest BCUT2D eigenvalue weighted by atomic mass is 19.2. The van der Waals surface area contributed by atoms with Crippen molar-refractivity contribution in [2.75, 3.05) is 0 Å². The minimum atomic E-state index is -1.89. The first-order valence-corrected chi connectivity index (χ1v) is 5.33. The second kappa shape index (κ2) is 6.11. The van der Waals surface area contributed by atoms with Gasteiger partial charge in [-0.15, -0.1) is 0 Å². The zero-order chi connectivity index (χ0) is 16.3. The number of aromatic hydroxyl groups is 1. The molecule has 1 rings (SSSR count). The van der Waals surface area contributed by atoms with Crippen molar-refractivity contribution in [1.29, 1.82) is 0 Å². The lowest BCUT2D eigenvalue weighted by molar-refractivity contribution is -0.140. The highest BCUT2D eigenvalue weighted by Crippen LogP contribution is 2.25. The molecule has 1 atom stereocenters. The Labute approximate surface area is 115 Å². The van der Waals surface area contributed by atoms with Crippen LogP contribution in [0, 0.1) is 17.5 Å². The van der Waals surface area contributed by atoms with Gasteiger partial charge in [0.1, 0.15) is 6.04 Å². The summed E-state index contributed by atoms with van der Waals surface area (Å²) >= 11 is 0. The predicted octanol–water partition coefficient (Wildman–Crippen LogP) is -0.132. The number of nitrogens with one attached hydrogen (secondary N) is 1. The maximum Gasteiger partial charge on any atom is 0.326 e. The normalized spacial score (nSPS) is 11.8. The summed E-state index contributed by atoms with van der Waals surface area (Å²) in [5.74, 6) is -11.3. The summed E-state index contributed by atoms with van der Waals surface area (Å²) in [6, 6.07) is -1.65. The van der Waals surface area contributed by atoms with Crippen LogP contribution in [0.25, 0.3) is 0 Å². The Bertz CT molecular complexity index is 620. The molecule has 1 aromatic carbocycles. The summed E-state index contributed by atoms with van der Waals surface area (Å²) in [6.45, 7) is 0. The Hall–Kier alpha value is -2.78. The van der Waals surface area contributed by atoms with Crippen molar-refractivity contribution in [2.24, 2.45) is 5.73 Å². The zero-order valence-electron chi connectivity index (χ0n) is 10.2. The van der Waals surface area contributed by atoms with E-state index < -0.39 is 59.0 Å². The molecule has 21 heavy (non-hydrogen) atoms. The van der Waals surface area contributed by atoms with Gasteiger partial charge in [0, 0.05) is 0 Å². The first-order valence-electron chi connectivity index (χ1n) is 5.33. The molecule has 5 N–H and O–H groups in total. The largest absolute Gasteiger partial charge is 0.503 e. The third-order valence-electron chi connectivity index (χ3n) is 2.39. The Morgan fingerprint density at radius 1 is 1.24 bits per heavy atom. The van der Waals surface area contributed by atoms with Crippen LogP contribution in [-0.4, -0.2) is 34.0 Å². The van der Waals surface area contributed by atoms with Crippen LogP contribution in [0.15, 0.2) is 6.07 Å². The number of hydrogen-bond acceptors (Lipinski definition) is 4. The number of benzene rings is 1. The number of carbonyl (C=O) groups is 3. The van der Waals surface area contributed by atoms with Gasteiger partial charge in [-0.2, -0.15) is 4.39 Å². The van der Waals surface area contributed by atoms with Crippen LogP contribution in [0.1, 0.15) is 16.8 Å². The maximum absolute atomic E-state index is 13.5. The summed E-state index contributed by atoms with van der Waals surface area (Å²) in [7, 11) is 0. The first-order chi connectivity index (χ1) is 9.65. The van der Waals surface area contributed by atoms with E-state index in [0.717, 1.165) is 0 Å². The lowest BCUT2D eigenvalue weighted by Crippen LogP contribution is -2.43. The molecule has 0 aromatic heterocycles. The van der Waals surface area contributed by atoms with Crippen molar-refractivity contribution in [3.63, 3.8) is 0 Å². The van der Waals surface area contributed by atoms with Crippen molar-refractivity contribution >= 4 is 17.8 Å². The van der Waals surface area contributed by atoms with E-state index in [4.69, 9.17) is 15.9 Å². The first kappa shape index (κ1) is 16.3. The minimum Gasteiger partial charge on any atom is -0.503 e. The van der Waals surface area contributed by atoms with Gasteiger partial charge in [0.2, 0.25) is 11.7 Å². The summed E-state index contributed by atoms with van der Waals surface area (Å²) < 4.78 is 39.3. The van der Waals surface area contributed by atoms with Crippen LogP contribution in [-0.2, 0) is 9.59 Å². The van der Waals surface area contributed by atoms with Crippen LogP contribution in [0.5, 0.6) is 5.75 Å².